The Labute approximate surface area is 167 Å². The van der Waals surface area contributed by atoms with Gasteiger partial charge in [-0.2, -0.15) is 0 Å². The van der Waals surface area contributed by atoms with Gasteiger partial charge in [-0.1, -0.05) is 5.92 Å². The van der Waals surface area contributed by atoms with Crippen molar-refractivity contribution in [1.82, 2.24) is 0 Å². The van der Waals surface area contributed by atoms with Crippen LogP contribution < -0.4 is 9.47 Å². The van der Waals surface area contributed by atoms with E-state index in [0.29, 0.717) is 22.6 Å². The van der Waals surface area contributed by atoms with Crippen LogP contribution in [0, 0.1) is 12.3 Å². The Hall–Kier alpha value is -2.01. The number of ether oxygens (including phenoxy) is 3. The van der Waals surface area contributed by atoms with Gasteiger partial charge in [0.05, 0.1) is 32.0 Å². The van der Waals surface area contributed by atoms with E-state index in [1.54, 1.807) is 25.3 Å². The first-order valence-corrected chi connectivity index (χ1v) is 9.14. The molecule has 0 atom stereocenters. The Morgan fingerprint density at radius 1 is 1.14 bits per heavy atom. The monoisotopic (exact) mass is 390 g/mol. The maximum atomic E-state index is 15.6. The second-order valence-corrected chi connectivity index (χ2v) is 7.49. The van der Waals surface area contributed by atoms with Crippen LogP contribution >= 0.6 is 0 Å². The molecule has 0 aromatic heterocycles. The normalized spacial score (nSPS) is 18.4. The van der Waals surface area contributed by atoms with Crippen LogP contribution in [-0.4, -0.2) is 45.8 Å². The van der Waals surface area contributed by atoms with Crippen LogP contribution in [0.1, 0.15) is 39.7 Å². The molecule has 2 rings (SSSR count). The molecule has 0 radical (unpaired) electrons. The summed E-state index contributed by atoms with van der Waals surface area (Å²) in [7, 11) is 1.97. The highest BCUT2D eigenvalue weighted by Crippen LogP contribution is 2.42. The van der Waals surface area contributed by atoms with Crippen LogP contribution in [0.4, 0.5) is 4.39 Å². The van der Waals surface area contributed by atoms with Crippen LogP contribution in [0.25, 0.3) is 5.57 Å². The topological polar surface area (TPSA) is 46.2 Å². The van der Waals surface area contributed by atoms with Gasteiger partial charge in [0.1, 0.15) is 23.8 Å². The summed E-state index contributed by atoms with van der Waals surface area (Å²) in [6.45, 7) is 7.93. The number of rotatable bonds is 8. The molecule has 1 fully saturated rings. The summed E-state index contributed by atoms with van der Waals surface area (Å²) < 4.78 is 43.4. The zero-order valence-corrected chi connectivity index (χ0v) is 17.4. The molecule has 1 aliphatic heterocycles. The Morgan fingerprint density at radius 3 is 2.32 bits per heavy atom. The molecular formula is C21H28BFO5. The summed E-state index contributed by atoms with van der Waals surface area (Å²) in [6.07, 6.45) is 5.50. The number of terminal acetylenes is 1. The van der Waals surface area contributed by atoms with Gasteiger partial charge in [-0.25, -0.2) is 4.39 Å². The molecule has 1 aliphatic rings. The lowest BCUT2D eigenvalue weighted by atomic mass is 9.81. The number of halogens is 1. The molecule has 0 unspecified atom stereocenters. The van der Waals surface area contributed by atoms with Crippen molar-refractivity contribution in [3.63, 3.8) is 0 Å². The molecule has 1 heterocycles. The van der Waals surface area contributed by atoms with Gasteiger partial charge >= 0.3 is 7.12 Å². The number of methoxy groups -OCH3 is 2. The van der Waals surface area contributed by atoms with E-state index >= 15 is 4.39 Å². The van der Waals surface area contributed by atoms with Crippen LogP contribution in [0.2, 0.25) is 0 Å². The molecular weight excluding hydrogens is 362 g/mol. The lowest BCUT2D eigenvalue weighted by Crippen LogP contribution is -2.41. The van der Waals surface area contributed by atoms with Crippen LogP contribution in [0.5, 0.6) is 11.5 Å². The number of hydrogen-bond acceptors (Lipinski definition) is 5. The lowest BCUT2D eigenvalue weighted by molar-refractivity contribution is 0.00578. The predicted octanol–water partition coefficient (Wildman–Crippen LogP) is 4.06. The van der Waals surface area contributed by atoms with Crippen LogP contribution in [0.3, 0.4) is 0 Å². The fourth-order valence-electron chi connectivity index (χ4n) is 2.82. The van der Waals surface area contributed by atoms with E-state index in [2.05, 4.69) is 5.92 Å². The predicted molar refractivity (Wildman–Crippen MR) is 108 cm³/mol. The molecule has 5 nitrogen and oxygen atoms in total. The maximum Gasteiger partial charge on any atom is 0.525 e. The molecule has 1 saturated heterocycles. The van der Waals surface area contributed by atoms with Crippen molar-refractivity contribution in [1.29, 1.82) is 0 Å². The van der Waals surface area contributed by atoms with E-state index in [-0.39, 0.29) is 19.6 Å². The van der Waals surface area contributed by atoms with Crippen molar-refractivity contribution >= 4 is 12.7 Å². The number of benzene rings is 1. The van der Waals surface area contributed by atoms with Gasteiger partial charge in [0, 0.05) is 11.6 Å². The minimum atomic E-state index is -1.11. The number of hydrogen-bond donors (Lipinski definition) is 0. The summed E-state index contributed by atoms with van der Waals surface area (Å²) >= 11 is 0. The van der Waals surface area contributed by atoms with E-state index < -0.39 is 24.0 Å². The zero-order chi connectivity index (χ0) is 20.9. The van der Waals surface area contributed by atoms with Crippen molar-refractivity contribution < 1.29 is 27.9 Å². The Bertz CT molecular complexity index is 751. The van der Waals surface area contributed by atoms with Gasteiger partial charge in [-0.3, -0.25) is 0 Å². The minimum Gasteiger partial charge on any atom is -0.497 e. The lowest BCUT2D eigenvalue weighted by Gasteiger charge is -2.32. The fourth-order valence-corrected chi connectivity index (χ4v) is 2.82. The van der Waals surface area contributed by atoms with Gasteiger partial charge in [-0.05, 0) is 51.8 Å². The third-order valence-electron chi connectivity index (χ3n) is 5.16. The molecule has 1 aromatic rings. The van der Waals surface area contributed by atoms with Gasteiger partial charge < -0.3 is 23.5 Å². The summed E-state index contributed by atoms with van der Waals surface area (Å²) in [5.41, 5.74) is -0.838. The third kappa shape index (κ3) is 4.69. The largest absolute Gasteiger partial charge is 0.525 e. The second-order valence-electron chi connectivity index (χ2n) is 7.49. The van der Waals surface area contributed by atoms with Crippen molar-refractivity contribution in [2.24, 2.45) is 0 Å². The second kappa shape index (κ2) is 9.00. The molecule has 0 bridgehead atoms. The van der Waals surface area contributed by atoms with Gasteiger partial charge in [0.15, 0.2) is 0 Å². The highest BCUT2D eigenvalue weighted by atomic mass is 19.1. The van der Waals surface area contributed by atoms with Gasteiger partial charge in [0.25, 0.3) is 0 Å². The molecule has 0 amide bonds. The van der Waals surface area contributed by atoms with Crippen molar-refractivity contribution in [3.8, 4) is 23.8 Å². The smallest absolute Gasteiger partial charge is 0.497 e. The molecule has 0 N–H and O–H groups in total. The van der Waals surface area contributed by atoms with Crippen LogP contribution in [-0.2, 0) is 14.0 Å². The van der Waals surface area contributed by atoms with E-state index in [0.717, 1.165) is 0 Å². The summed E-state index contributed by atoms with van der Waals surface area (Å²) in [5.74, 6) is 3.50. The fraction of sp³-hybridized carbons (Fsp3) is 0.524. The van der Waals surface area contributed by atoms with Gasteiger partial charge in [0.2, 0.25) is 0 Å². The molecule has 28 heavy (non-hydrogen) atoms. The average Bonchev–Trinajstić information content (AvgIpc) is 2.88. The molecule has 152 valence electrons. The Balaban J connectivity index is 2.45. The van der Waals surface area contributed by atoms with E-state index in [1.165, 1.54) is 7.11 Å². The summed E-state index contributed by atoms with van der Waals surface area (Å²) in [5, 5.41) is 0. The third-order valence-corrected chi connectivity index (χ3v) is 5.16. The Kier molecular flexibility index (Phi) is 7.16. The first-order valence-electron chi connectivity index (χ1n) is 9.14. The Morgan fingerprint density at radius 2 is 1.79 bits per heavy atom. The van der Waals surface area contributed by atoms with E-state index in [9.17, 15) is 0 Å². The first kappa shape index (κ1) is 22.3. The zero-order valence-electron chi connectivity index (χ0n) is 17.4. The highest BCUT2D eigenvalue weighted by molar-refractivity contribution is 6.55. The summed E-state index contributed by atoms with van der Waals surface area (Å²) in [4.78, 5) is 0. The van der Waals surface area contributed by atoms with Crippen molar-refractivity contribution in [3.05, 3.63) is 29.5 Å². The van der Waals surface area contributed by atoms with Crippen LogP contribution in [0.15, 0.2) is 23.9 Å². The molecule has 0 spiro atoms. The van der Waals surface area contributed by atoms with Crippen molar-refractivity contribution in [2.75, 3.05) is 27.4 Å². The molecule has 0 saturated carbocycles. The maximum absolute atomic E-state index is 15.6. The van der Waals surface area contributed by atoms with Gasteiger partial charge in [-0.15, -0.1) is 6.42 Å². The standard InChI is InChI=1S/C21H28BFO5/c1-8-12-26-13-11-17(16-10-9-15(24-6)14-18(16)25-7)19(23)22-27-20(2,3)21(4,5)28-22/h1,9-10,14H,11-13H2,2-7H3. The quantitative estimate of drug-likeness (QED) is 0.381. The minimum absolute atomic E-state index is 0.158. The van der Waals surface area contributed by atoms with E-state index in [1.807, 2.05) is 27.7 Å². The summed E-state index contributed by atoms with van der Waals surface area (Å²) in [6, 6.07) is 5.20. The first-order chi connectivity index (χ1) is 13.2. The molecule has 1 aromatic carbocycles. The molecule has 0 aliphatic carbocycles. The van der Waals surface area contributed by atoms with Crippen molar-refractivity contribution in [2.45, 2.75) is 45.3 Å². The SMILES string of the molecule is C#CCOCCC(=C(F)B1OC(C)(C)C(C)(C)O1)c1ccc(OC)cc1OC. The average molecular weight is 390 g/mol. The van der Waals surface area contributed by atoms with E-state index in [4.69, 9.17) is 29.9 Å². The molecule has 7 heteroatoms. The highest BCUT2D eigenvalue weighted by Gasteiger charge is 2.53.